The van der Waals surface area contributed by atoms with E-state index in [1.54, 1.807) is 17.8 Å². The molecule has 1 heterocycles. The van der Waals surface area contributed by atoms with Crippen molar-refractivity contribution in [3.05, 3.63) is 47.8 Å². The molecule has 0 saturated heterocycles. The molecule has 22 heavy (non-hydrogen) atoms. The lowest BCUT2D eigenvalue weighted by molar-refractivity contribution is 0.0566. The van der Waals surface area contributed by atoms with Crippen LogP contribution >= 0.6 is 0 Å². The lowest BCUT2D eigenvalue weighted by Crippen LogP contribution is -2.34. The van der Waals surface area contributed by atoms with Crippen LogP contribution in [0.5, 0.6) is 5.75 Å². The maximum atomic E-state index is 10.5. The highest BCUT2D eigenvalue weighted by Crippen LogP contribution is 2.19. The summed E-state index contributed by atoms with van der Waals surface area (Å²) in [6.07, 6.45) is 4.54. The molecule has 120 valence electrons. The molecule has 0 aliphatic rings. The predicted molar refractivity (Wildman–Crippen MR) is 86.7 cm³/mol. The Bertz CT molecular complexity index is 576. The summed E-state index contributed by atoms with van der Waals surface area (Å²) in [5.74, 6) is 0.896. The molecule has 1 aromatic carbocycles. The van der Waals surface area contributed by atoms with Gasteiger partial charge in [-0.05, 0) is 31.0 Å². The molecule has 0 radical (unpaired) electrons. The number of hydrogen-bond donors (Lipinski definition) is 2. The normalized spacial score (nSPS) is 13.8. The van der Waals surface area contributed by atoms with Gasteiger partial charge in [-0.2, -0.15) is 5.10 Å². The molecule has 2 N–H and O–H groups in total. The lowest BCUT2D eigenvalue weighted by atomic mass is 9.99. The average molecular weight is 303 g/mol. The summed E-state index contributed by atoms with van der Waals surface area (Å²) in [5.41, 5.74) is 1.04. The molecule has 0 bridgehead atoms. The Balaban J connectivity index is 1.82. The summed E-state index contributed by atoms with van der Waals surface area (Å²) in [6, 6.07) is 8.03. The molecule has 0 amide bonds. The van der Waals surface area contributed by atoms with Crippen LogP contribution in [0.2, 0.25) is 0 Å². The van der Waals surface area contributed by atoms with Gasteiger partial charge in [0.15, 0.2) is 0 Å². The highest BCUT2D eigenvalue weighted by atomic mass is 16.5. The van der Waals surface area contributed by atoms with Gasteiger partial charge in [-0.1, -0.05) is 19.1 Å². The first-order valence-corrected chi connectivity index (χ1v) is 7.65. The minimum atomic E-state index is -0.932. The summed E-state index contributed by atoms with van der Waals surface area (Å²) in [7, 11) is 1.84. The third-order valence-corrected chi connectivity index (χ3v) is 3.52. The smallest absolute Gasteiger partial charge is 0.119 e. The fraction of sp³-hybridized carbons (Fsp3) is 0.471. The Morgan fingerprint density at radius 3 is 2.64 bits per heavy atom. The number of nitrogens with zero attached hydrogens (tertiary/aromatic N) is 2. The number of nitrogens with one attached hydrogen (secondary N) is 1. The molecule has 1 aromatic heterocycles. The number of benzene rings is 1. The number of aryl methyl sites for hydroxylation is 1. The van der Waals surface area contributed by atoms with Crippen molar-refractivity contribution in [1.82, 2.24) is 15.1 Å². The van der Waals surface area contributed by atoms with E-state index >= 15 is 0 Å². The molecular formula is C17H25N3O2. The molecule has 1 atom stereocenters. The third kappa shape index (κ3) is 4.58. The van der Waals surface area contributed by atoms with Crippen molar-refractivity contribution in [1.29, 1.82) is 0 Å². The number of ether oxygens (including phenoxy) is 1. The zero-order valence-electron chi connectivity index (χ0n) is 13.5. The molecule has 0 aliphatic heterocycles. The van der Waals surface area contributed by atoms with Gasteiger partial charge in [0.25, 0.3) is 0 Å². The quantitative estimate of drug-likeness (QED) is 0.785. The topological polar surface area (TPSA) is 59.3 Å². The van der Waals surface area contributed by atoms with Crippen LogP contribution in [0, 0.1) is 0 Å². The van der Waals surface area contributed by atoms with Crippen molar-refractivity contribution in [2.24, 2.45) is 7.05 Å². The van der Waals surface area contributed by atoms with Crippen LogP contribution in [0.4, 0.5) is 0 Å². The van der Waals surface area contributed by atoms with Gasteiger partial charge in [-0.15, -0.1) is 0 Å². The van der Waals surface area contributed by atoms with Crippen LogP contribution < -0.4 is 10.1 Å². The molecule has 1 unspecified atom stereocenters. The summed E-state index contributed by atoms with van der Waals surface area (Å²) in [4.78, 5) is 0. The first-order valence-electron chi connectivity index (χ1n) is 7.65. The van der Waals surface area contributed by atoms with E-state index in [0.717, 1.165) is 29.9 Å². The first kappa shape index (κ1) is 16.5. The van der Waals surface area contributed by atoms with Crippen molar-refractivity contribution in [3.63, 3.8) is 0 Å². The highest BCUT2D eigenvalue weighted by Gasteiger charge is 2.23. The van der Waals surface area contributed by atoms with E-state index in [-0.39, 0.29) is 0 Å². The van der Waals surface area contributed by atoms with E-state index < -0.39 is 5.60 Å². The molecule has 0 aliphatic carbocycles. The fourth-order valence-electron chi connectivity index (χ4n) is 2.18. The zero-order chi connectivity index (χ0) is 16.0. The van der Waals surface area contributed by atoms with Crippen molar-refractivity contribution < 1.29 is 9.84 Å². The van der Waals surface area contributed by atoms with Crippen LogP contribution in [0.15, 0.2) is 36.7 Å². The monoisotopic (exact) mass is 303 g/mol. The number of hydrogen-bond acceptors (Lipinski definition) is 4. The zero-order valence-corrected chi connectivity index (χ0v) is 13.5. The first-order chi connectivity index (χ1) is 10.5. The molecular weight excluding hydrogens is 278 g/mol. The largest absolute Gasteiger partial charge is 0.494 e. The Labute approximate surface area is 131 Å². The Morgan fingerprint density at radius 1 is 1.32 bits per heavy atom. The highest BCUT2D eigenvalue weighted by molar-refractivity contribution is 5.27. The van der Waals surface area contributed by atoms with Crippen molar-refractivity contribution in [2.45, 2.75) is 32.4 Å². The molecule has 0 spiro atoms. The minimum Gasteiger partial charge on any atom is -0.494 e. The SMILES string of the molecule is CCCOc1ccc(CNCC(C)(O)c2cnn(C)c2)cc1. The van der Waals surface area contributed by atoms with Gasteiger partial charge < -0.3 is 15.2 Å². The van der Waals surface area contributed by atoms with E-state index in [1.807, 2.05) is 37.5 Å². The second-order valence-corrected chi connectivity index (χ2v) is 5.77. The third-order valence-electron chi connectivity index (χ3n) is 3.52. The molecule has 0 saturated carbocycles. The van der Waals surface area contributed by atoms with Gasteiger partial charge in [-0.25, -0.2) is 0 Å². The maximum absolute atomic E-state index is 10.5. The second kappa shape index (κ2) is 7.42. The predicted octanol–water partition coefficient (Wildman–Crippen LogP) is 2.21. The van der Waals surface area contributed by atoms with E-state index in [0.29, 0.717) is 13.1 Å². The van der Waals surface area contributed by atoms with Crippen LogP contribution in [0.25, 0.3) is 0 Å². The van der Waals surface area contributed by atoms with E-state index in [2.05, 4.69) is 17.3 Å². The summed E-state index contributed by atoms with van der Waals surface area (Å²) >= 11 is 0. The summed E-state index contributed by atoms with van der Waals surface area (Å²) in [5, 5.41) is 17.9. The van der Waals surface area contributed by atoms with Gasteiger partial charge in [-0.3, -0.25) is 4.68 Å². The van der Waals surface area contributed by atoms with Crippen LogP contribution in [0.1, 0.15) is 31.4 Å². The lowest BCUT2D eigenvalue weighted by Gasteiger charge is -2.22. The molecule has 5 heteroatoms. The Hall–Kier alpha value is -1.85. The van der Waals surface area contributed by atoms with Gasteiger partial charge >= 0.3 is 0 Å². The number of aliphatic hydroxyl groups is 1. The van der Waals surface area contributed by atoms with Gasteiger partial charge in [0.2, 0.25) is 0 Å². The van der Waals surface area contributed by atoms with Crippen LogP contribution in [-0.2, 0) is 19.2 Å². The molecule has 2 aromatic rings. The van der Waals surface area contributed by atoms with Crippen molar-refractivity contribution >= 4 is 0 Å². The van der Waals surface area contributed by atoms with Crippen LogP contribution in [0.3, 0.4) is 0 Å². The van der Waals surface area contributed by atoms with E-state index in [9.17, 15) is 5.11 Å². The average Bonchev–Trinajstić information content (AvgIpc) is 2.94. The van der Waals surface area contributed by atoms with E-state index in [1.165, 1.54) is 0 Å². The molecule has 5 nitrogen and oxygen atoms in total. The second-order valence-electron chi connectivity index (χ2n) is 5.77. The van der Waals surface area contributed by atoms with Crippen molar-refractivity contribution in [3.8, 4) is 5.75 Å². The van der Waals surface area contributed by atoms with E-state index in [4.69, 9.17) is 4.74 Å². The maximum Gasteiger partial charge on any atom is 0.119 e. The Morgan fingerprint density at radius 2 is 2.05 bits per heavy atom. The Kier molecular flexibility index (Phi) is 5.57. The fourth-order valence-corrected chi connectivity index (χ4v) is 2.18. The van der Waals surface area contributed by atoms with Gasteiger partial charge in [0.05, 0.1) is 12.8 Å². The molecule has 2 rings (SSSR count). The molecule has 0 fully saturated rings. The summed E-state index contributed by atoms with van der Waals surface area (Å²) < 4.78 is 7.25. The number of aromatic nitrogens is 2. The summed E-state index contributed by atoms with van der Waals surface area (Å²) in [6.45, 7) is 5.79. The standard InChI is InChI=1S/C17H25N3O2/c1-4-9-22-16-7-5-14(6-8-16)10-18-13-17(2,21)15-11-19-20(3)12-15/h5-8,11-12,18,21H,4,9-10,13H2,1-3H3. The van der Waals surface area contributed by atoms with Crippen molar-refractivity contribution in [2.75, 3.05) is 13.2 Å². The van der Waals surface area contributed by atoms with Gasteiger partial charge in [0.1, 0.15) is 11.4 Å². The minimum absolute atomic E-state index is 0.465. The van der Waals surface area contributed by atoms with Gasteiger partial charge in [0, 0.05) is 31.9 Å². The number of rotatable bonds is 8. The van der Waals surface area contributed by atoms with Crippen LogP contribution in [-0.4, -0.2) is 28.0 Å².